The van der Waals surface area contributed by atoms with Crippen molar-refractivity contribution in [2.75, 3.05) is 18.4 Å². The number of hydrogen-bond acceptors (Lipinski definition) is 5. The molecule has 3 aromatic rings. The van der Waals surface area contributed by atoms with E-state index in [2.05, 4.69) is 10.3 Å². The molecule has 0 radical (unpaired) electrons. The molecule has 0 aliphatic heterocycles. The zero-order chi connectivity index (χ0) is 22.4. The highest BCUT2D eigenvalue weighted by Gasteiger charge is 2.22. The molecule has 1 aromatic carbocycles. The highest BCUT2D eigenvalue weighted by atomic mass is 35.5. The average molecular weight is 481 g/mol. The maximum absolute atomic E-state index is 12.9. The third kappa shape index (κ3) is 6.29. The molecule has 164 valence electrons. The van der Waals surface area contributed by atoms with Gasteiger partial charge < -0.3 is 19.2 Å². The van der Waals surface area contributed by atoms with Crippen molar-refractivity contribution in [3.8, 4) is 0 Å². The van der Waals surface area contributed by atoms with Gasteiger partial charge in [0.25, 0.3) is 5.91 Å². The highest BCUT2D eigenvalue weighted by Crippen LogP contribution is 2.26. The van der Waals surface area contributed by atoms with Gasteiger partial charge in [-0.1, -0.05) is 41.9 Å². The molecule has 31 heavy (non-hydrogen) atoms. The molecule has 0 fully saturated rings. The van der Waals surface area contributed by atoms with E-state index in [0.29, 0.717) is 40.2 Å². The molecule has 0 bridgehead atoms. The van der Waals surface area contributed by atoms with Crippen LogP contribution in [0.1, 0.15) is 29.7 Å². The van der Waals surface area contributed by atoms with Crippen LogP contribution in [0.4, 0.5) is 5.69 Å². The summed E-state index contributed by atoms with van der Waals surface area (Å²) in [5, 5.41) is 4.37. The van der Waals surface area contributed by atoms with Gasteiger partial charge in [0.1, 0.15) is 12.3 Å². The van der Waals surface area contributed by atoms with Gasteiger partial charge in [0, 0.05) is 31.0 Å². The lowest BCUT2D eigenvalue weighted by Crippen LogP contribution is -2.38. The van der Waals surface area contributed by atoms with Crippen molar-refractivity contribution >= 4 is 52.5 Å². The molecular weight excluding hydrogens is 459 g/mol. The standard InChI is InChI=1S/C21H22Cl2N4O3S/c1-3-9-27(12-19(28)25-17-11-14(22)4-6-16(17)23)20(29)18-7-5-15(30-18)13-31-21-24-8-10-26(21)2/h4-8,10-11H,3,9,12-13H2,1-2H3,(H,25,28). The number of nitrogens with zero attached hydrogens (tertiary/aromatic N) is 3. The van der Waals surface area contributed by atoms with Crippen LogP contribution >= 0.6 is 35.0 Å². The Bertz CT molecular complexity index is 1070. The summed E-state index contributed by atoms with van der Waals surface area (Å²) in [6.45, 7) is 2.21. The third-order valence-corrected chi connectivity index (χ3v) is 5.96. The maximum Gasteiger partial charge on any atom is 0.290 e. The minimum Gasteiger partial charge on any atom is -0.455 e. The molecule has 7 nitrogen and oxygen atoms in total. The van der Waals surface area contributed by atoms with E-state index in [0.717, 1.165) is 5.16 Å². The van der Waals surface area contributed by atoms with Gasteiger partial charge in [0.05, 0.1) is 16.5 Å². The van der Waals surface area contributed by atoms with Crippen molar-refractivity contribution in [1.82, 2.24) is 14.5 Å². The number of nitrogens with one attached hydrogen (secondary N) is 1. The Kier molecular flexibility index (Phi) is 8.06. The van der Waals surface area contributed by atoms with Crippen molar-refractivity contribution in [3.63, 3.8) is 0 Å². The summed E-state index contributed by atoms with van der Waals surface area (Å²) in [6.07, 6.45) is 4.28. The van der Waals surface area contributed by atoms with Gasteiger partial charge in [-0.2, -0.15) is 0 Å². The first kappa shape index (κ1) is 23.2. The molecule has 0 saturated heterocycles. The fraction of sp³-hybridized carbons (Fsp3) is 0.286. The Hall–Kier alpha value is -2.42. The molecule has 0 atom stereocenters. The minimum absolute atomic E-state index is 0.131. The van der Waals surface area contributed by atoms with Crippen LogP contribution in [0.2, 0.25) is 10.0 Å². The summed E-state index contributed by atoms with van der Waals surface area (Å²) in [6, 6.07) is 8.19. The molecule has 0 aliphatic carbocycles. The van der Waals surface area contributed by atoms with E-state index >= 15 is 0 Å². The molecule has 0 unspecified atom stereocenters. The number of rotatable bonds is 9. The summed E-state index contributed by atoms with van der Waals surface area (Å²) in [4.78, 5) is 31.1. The molecule has 2 aromatic heterocycles. The smallest absolute Gasteiger partial charge is 0.290 e. The summed E-state index contributed by atoms with van der Waals surface area (Å²) >= 11 is 13.6. The van der Waals surface area contributed by atoms with Gasteiger partial charge in [-0.3, -0.25) is 9.59 Å². The van der Waals surface area contributed by atoms with Crippen LogP contribution < -0.4 is 5.32 Å². The molecule has 0 aliphatic rings. The molecule has 10 heteroatoms. The van der Waals surface area contributed by atoms with E-state index in [1.807, 2.05) is 24.7 Å². The van der Waals surface area contributed by atoms with E-state index in [9.17, 15) is 9.59 Å². The number of aromatic nitrogens is 2. The fourth-order valence-corrected chi connectivity index (χ4v) is 3.99. The summed E-state index contributed by atoms with van der Waals surface area (Å²) in [5.41, 5.74) is 0.398. The number of benzene rings is 1. The Morgan fingerprint density at radius 3 is 2.77 bits per heavy atom. The first-order valence-corrected chi connectivity index (χ1v) is 11.3. The van der Waals surface area contributed by atoms with Crippen molar-refractivity contribution in [2.45, 2.75) is 24.3 Å². The van der Waals surface area contributed by atoms with Crippen molar-refractivity contribution in [3.05, 3.63) is 64.3 Å². The van der Waals surface area contributed by atoms with Crippen molar-refractivity contribution < 1.29 is 14.0 Å². The Morgan fingerprint density at radius 1 is 1.26 bits per heavy atom. The Balaban J connectivity index is 1.63. The lowest BCUT2D eigenvalue weighted by molar-refractivity contribution is -0.116. The third-order valence-electron chi connectivity index (χ3n) is 4.31. The van der Waals surface area contributed by atoms with Gasteiger partial charge in [-0.15, -0.1) is 0 Å². The number of hydrogen-bond donors (Lipinski definition) is 1. The normalized spacial score (nSPS) is 10.8. The van der Waals surface area contributed by atoms with Gasteiger partial charge in [-0.25, -0.2) is 4.98 Å². The quantitative estimate of drug-likeness (QED) is 0.430. The van der Waals surface area contributed by atoms with Crippen LogP contribution in [0.25, 0.3) is 0 Å². The molecule has 1 N–H and O–H groups in total. The van der Waals surface area contributed by atoms with Crippen LogP contribution in [0.5, 0.6) is 0 Å². The van der Waals surface area contributed by atoms with Crippen LogP contribution in [-0.2, 0) is 17.6 Å². The number of thioether (sulfide) groups is 1. The largest absolute Gasteiger partial charge is 0.455 e. The molecule has 0 saturated carbocycles. The Labute approximate surface area is 194 Å². The summed E-state index contributed by atoms with van der Waals surface area (Å²) < 4.78 is 7.64. The number of carbonyl (C=O) groups excluding carboxylic acids is 2. The number of amides is 2. The van der Waals surface area contributed by atoms with Crippen LogP contribution in [0.15, 0.2) is 52.3 Å². The van der Waals surface area contributed by atoms with E-state index in [1.54, 1.807) is 36.5 Å². The first-order chi connectivity index (χ1) is 14.9. The first-order valence-electron chi connectivity index (χ1n) is 9.60. The summed E-state index contributed by atoms with van der Waals surface area (Å²) in [7, 11) is 1.91. The molecular formula is C21H22Cl2N4O3S. The SMILES string of the molecule is CCCN(CC(=O)Nc1cc(Cl)ccc1Cl)C(=O)c1ccc(CSc2nccn2C)o1. The Morgan fingerprint density at radius 2 is 2.06 bits per heavy atom. The average Bonchev–Trinajstić information content (AvgIpc) is 3.37. The van der Waals surface area contributed by atoms with Gasteiger partial charge in [0.15, 0.2) is 10.9 Å². The van der Waals surface area contributed by atoms with Crippen molar-refractivity contribution in [1.29, 1.82) is 0 Å². The highest BCUT2D eigenvalue weighted by molar-refractivity contribution is 7.98. The zero-order valence-electron chi connectivity index (χ0n) is 17.1. The number of halogens is 2. The van der Waals surface area contributed by atoms with E-state index in [-0.39, 0.29) is 24.1 Å². The van der Waals surface area contributed by atoms with E-state index in [1.165, 1.54) is 16.7 Å². The maximum atomic E-state index is 12.9. The van der Waals surface area contributed by atoms with Crippen LogP contribution in [-0.4, -0.2) is 39.4 Å². The van der Waals surface area contributed by atoms with E-state index < -0.39 is 0 Å². The lowest BCUT2D eigenvalue weighted by atomic mass is 10.3. The second-order valence-corrected chi connectivity index (χ2v) is 8.56. The van der Waals surface area contributed by atoms with Gasteiger partial charge in [0.2, 0.25) is 5.91 Å². The van der Waals surface area contributed by atoms with Gasteiger partial charge >= 0.3 is 0 Å². The van der Waals surface area contributed by atoms with Crippen molar-refractivity contribution in [2.24, 2.45) is 7.05 Å². The molecule has 2 heterocycles. The number of carbonyl (C=O) groups is 2. The second-order valence-electron chi connectivity index (χ2n) is 6.77. The number of aryl methyl sites for hydroxylation is 1. The van der Waals surface area contributed by atoms with E-state index in [4.69, 9.17) is 27.6 Å². The molecule has 2 amide bonds. The summed E-state index contributed by atoms with van der Waals surface area (Å²) in [5.74, 6) is 0.672. The fourth-order valence-electron chi connectivity index (χ4n) is 2.83. The zero-order valence-corrected chi connectivity index (χ0v) is 19.4. The van der Waals surface area contributed by atoms with Crippen LogP contribution in [0.3, 0.4) is 0 Å². The molecule has 0 spiro atoms. The van der Waals surface area contributed by atoms with Crippen LogP contribution in [0, 0.1) is 0 Å². The number of furan rings is 1. The van der Waals surface area contributed by atoms with Gasteiger partial charge in [-0.05, 0) is 36.8 Å². The molecule has 3 rings (SSSR count). The topological polar surface area (TPSA) is 80.4 Å². The minimum atomic E-state index is -0.372. The predicted octanol–water partition coefficient (Wildman–Crippen LogP) is 5.10. The monoisotopic (exact) mass is 480 g/mol. The lowest BCUT2D eigenvalue weighted by Gasteiger charge is -2.20. The number of imidazole rings is 1. The number of anilines is 1. The predicted molar refractivity (Wildman–Crippen MR) is 123 cm³/mol. The second kappa shape index (κ2) is 10.7.